The highest BCUT2D eigenvalue weighted by Gasteiger charge is 2.49. The molecule has 1 aromatic heterocycles. The van der Waals surface area contributed by atoms with Crippen molar-refractivity contribution in [3.05, 3.63) is 76.6 Å². The fraction of sp³-hybridized carbons (Fsp3) is 0.333. The molecule has 0 unspecified atom stereocenters. The van der Waals surface area contributed by atoms with E-state index in [4.69, 9.17) is 16.0 Å². The van der Waals surface area contributed by atoms with Crippen LogP contribution in [0, 0.1) is 18.6 Å². The minimum atomic E-state index is -2.95. The van der Waals surface area contributed by atoms with Gasteiger partial charge in [0.15, 0.2) is 0 Å². The van der Waals surface area contributed by atoms with E-state index in [1.165, 1.54) is 24.4 Å². The van der Waals surface area contributed by atoms with Crippen molar-refractivity contribution in [2.75, 3.05) is 9.80 Å². The second-order valence-corrected chi connectivity index (χ2v) is 10.2. The Balaban J connectivity index is 1.62. The first-order valence-corrected chi connectivity index (χ1v) is 12.8. The molecule has 3 amide bonds. The van der Waals surface area contributed by atoms with Crippen LogP contribution in [0.1, 0.15) is 43.0 Å². The fourth-order valence-electron chi connectivity index (χ4n) is 4.99. The molecule has 0 spiro atoms. The largest absolute Gasteiger partial charge is 0.429 e. The van der Waals surface area contributed by atoms with Gasteiger partial charge in [-0.3, -0.25) is 24.2 Å². The Kier molecular flexibility index (Phi) is 7.30. The molecule has 5 rings (SSSR count). The second-order valence-electron chi connectivity index (χ2n) is 9.80. The zero-order valence-corrected chi connectivity index (χ0v) is 21.8. The number of oxazole rings is 1. The summed E-state index contributed by atoms with van der Waals surface area (Å²) in [6.07, 6.45) is 0.0643. The van der Waals surface area contributed by atoms with Crippen LogP contribution in [0.15, 0.2) is 53.1 Å². The number of carbonyl (C=O) groups is 3. The van der Waals surface area contributed by atoms with E-state index in [1.807, 2.05) is 0 Å². The highest BCUT2D eigenvalue weighted by Crippen LogP contribution is 2.40. The zero-order valence-electron chi connectivity index (χ0n) is 21.0. The quantitative estimate of drug-likeness (QED) is 0.394. The van der Waals surface area contributed by atoms with Gasteiger partial charge in [-0.15, -0.1) is 0 Å². The molecule has 2 aliphatic rings. The van der Waals surface area contributed by atoms with Crippen LogP contribution in [-0.2, 0) is 14.4 Å². The van der Waals surface area contributed by atoms with Gasteiger partial charge in [-0.05, 0) is 31.5 Å². The molecule has 40 heavy (non-hydrogen) atoms. The lowest BCUT2D eigenvalue weighted by Crippen LogP contribution is -2.56. The first-order valence-electron chi connectivity index (χ1n) is 12.4. The number of alkyl halides is 2. The molecule has 210 valence electrons. The van der Waals surface area contributed by atoms with Crippen molar-refractivity contribution >= 4 is 41.0 Å². The van der Waals surface area contributed by atoms with E-state index in [9.17, 15) is 31.9 Å². The van der Waals surface area contributed by atoms with Crippen LogP contribution >= 0.6 is 11.6 Å². The normalized spacial score (nSPS) is 19.3. The molecule has 0 radical (unpaired) electrons. The second kappa shape index (κ2) is 10.6. The lowest BCUT2D eigenvalue weighted by molar-refractivity contribution is -0.133. The number of benzene rings is 2. The van der Waals surface area contributed by atoms with Crippen molar-refractivity contribution in [1.82, 2.24) is 10.3 Å². The average molecular weight is 579 g/mol. The van der Waals surface area contributed by atoms with Crippen LogP contribution in [0.3, 0.4) is 0 Å². The summed E-state index contributed by atoms with van der Waals surface area (Å²) in [6.45, 7) is 1.59. The van der Waals surface area contributed by atoms with E-state index in [1.54, 1.807) is 13.0 Å². The lowest BCUT2D eigenvalue weighted by Gasteiger charge is -2.39. The van der Waals surface area contributed by atoms with Gasteiger partial charge < -0.3 is 9.73 Å². The van der Waals surface area contributed by atoms with Crippen molar-refractivity contribution in [2.24, 2.45) is 0 Å². The molecular weight excluding hydrogens is 556 g/mol. The van der Waals surface area contributed by atoms with Crippen LogP contribution in [-0.4, -0.2) is 40.7 Å². The lowest BCUT2D eigenvalue weighted by atomic mass is 9.87. The zero-order chi connectivity index (χ0) is 28.8. The van der Waals surface area contributed by atoms with Crippen molar-refractivity contribution in [3.8, 4) is 0 Å². The molecule has 2 fully saturated rings. The number of rotatable bonds is 7. The van der Waals surface area contributed by atoms with Gasteiger partial charge in [0, 0.05) is 42.0 Å². The summed E-state index contributed by atoms with van der Waals surface area (Å²) in [5, 5.41) is 2.55. The summed E-state index contributed by atoms with van der Waals surface area (Å²) >= 11 is 6.43. The molecule has 8 nitrogen and oxygen atoms in total. The van der Waals surface area contributed by atoms with E-state index in [0.29, 0.717) is 11.8 Å². The van der Waals surface area contributed by atoms with Crippen LogP contribution in [0.4, 0.5) is 29.3 Å². The molecule has 2 aromatic carbocycles. The van der Waals surface area contributed by atoms with Crippen molar-refractivity contribution < 1.29 is 36.4 Å². The predicted octanol–water partition coefficient (Wildman–Crippen LogP) is 5.10. The molecule has 1 saturated carbocycles. The number of anilines is 2. The Morgan fingerprint density at radius 3 is 2.45 bits per heavy atom. The number of aryl methyl sites for hydroxylation is 1. The molecular formula is C27H23ClF4N4O4. The first kappa shape index (κ1) is 27.6. The number of nitrogens with one attached hydrogen (secondary N) is 1. The number of hydrogen-bond donors (Lipinski definition) is 1. The van der Waals surface area contributed by atoms with Gasteiger partial charge in [0.1, 0.15) is 29.5 Å². The molecule has 1 aliphatic carbocycles. The maximum atomic E-state index is 14.5. The maximum absolute atomic E-state index is 14.5. The SMILES string of the molecule is Cc1cnc(N2C(=O)CC[C@H]2C(=O)N(c2cc(F)cc(F)c2)[C@H](C(=O)NC2CC(F)(F)C2)c2ccccc2Cl)o1. The third kappa shape index (κ3) is 5.40. The third-order valence-electron chi connectivity index (χ3n) is 6.82. The van der Waals surface area contributed by atoms with Crippen LogP contribution < -0.4 is 15.1 Å². The number of hydrogen-bond acceptors (Lipinski definition) is 5. The molecule has 1 aliphatic heterocycles. The van der Waals surface area contributed by atoms with E-state index in [-0.39, 0.29) is 35.1 Å². The molecule has 1 N–H and O–H groups in total. The van der Waals surface area contributed by atoms with Gasteiger partial charge >= 0.3 is 6.01 Å². The smallest absolute Gasteiger partial charge is 0.305 e. The molecule has 0 bridgehead atoms. The molecule has 1 saturated heterocycles. The Labute approximate surface area is 230 Å². The maximum Gasteiger partial charge on any atom is 0.305 e. The summed E-state index contributed by atoms with van der Waals surface area (Å²) in [6, 6.07) is 4.35. The van der Waals surface area contributed by atoms with Gasteiger partial charge in [-0.25, -0.2) is 22.5 Å². The van der Waals surface area contributed by atoms with Gasteiger partial charge in [-0.1, -0.05) is 29.8 Å². The predicted molar refractivity (Wildman–Crippen MR) is 136 cm³/mol. The molecule has 2 heterocycles. The van der Waals surface area contributed by atoms with Gasteiger partial charge in [-0.2, -0.15) is 0 Å². The number of carbonyl (C=O) groups excluding carboxylic acids is 3. The van der Waals surface area contributed by atoms with Crippen LogP contribution in [0.5, 0.6) is 0 Å². The topological polar surface area (TPSA) is 95.8 Å². The van der Waals surface area contributed by atoms with E-state index in [0.717, 1.165) is 21.9 Å². The number of nitrogens with zero attached hydrogens (tertiary/aromatic N) is 3. The summed E-state index contributed by atoms with van der Waals surface area (Å²) in [7, 11) is 0. The third-order valence-corrected chi connectivity index (χ3v) is 7.16. The highest BCUT2D eigenvalue weighted by atomic mass is 35.5. The van der Waals surface area contributed by atoms with Crippen LogP contribution in [0.2, 0.25) is 5.02 Å². The minimum absolute atomic E-state index is 0.0148. The Hall–Kier alpha value is -3.93. The number of amides is 3. The Morgan fingerprint density at radius 1 is 1.18 bits per heavy atom. The first-order chi connectivity index (χ1) is 18.9. The van der Waals surface area contributed by atoms with E-state index < -0.39 is 66.2 Å². The molecule has 2 atom stereocenters. The minimum Gasteiger partial charge on any atom is -0.429 e. The van der Waals surface area contributed by atoms with E-state index in [2.05, 4.69) is 10.3 Å². The summed E-state index contributed by atoms with van der Waals surface area (Å²) in [4.78, 5) is 46.7. The van der Waals surface area contributed by atoms with Gasteiger partial charge in [0.05, 0.1) is 11.9 Å². The highest BCUT2D eigenvalue weighted by molar-refractivity contribution is 6.31. The van der Waals surface area contributed by atoms with Crippen molar-refractivity contribution in [2.45, 2.75) is 56.7 Å². The number of halogens is 5. The van der Waals surface area contributed by atoms with Crippen molar-refractivity contribution in [3.63, 3.8) is 0 Å². The molecule has 13 heteroatoms. The Morgan fingerprint density at radius 2 is 1.85 bits per heavy atom. The van der Waals surface area contributed by atoms with E-state index >= 15 is 0 Å². The van der Waals surface area contributed by atoms with Gasteiger partial charge in [0.25, 0.3) is 11.8 Å². The Bertz CT molecular complexity index is 1450. The average Bonchev–Trinajstić information content (AvgIpc) is 3.45. The summed E-state index contributed by atoms with van der Waals surface area (Å²) in [5.74, 6) is -6.91. The monoisotopic (exact) mass is 578 g/mol. The number of aromatic nitrogens is 1. The fourth-order valence-corrected chi connectivity index (χ4v) is 5.23. The standard InChI is InChI=1S/C27H23ClF4N4O4/c1-14-13-33-26(40-14)36-21(6-7-22(36)37)25(39)35(18-9-15(29)8-16(30)10-18)23(19-4-2-3-5-20(19)28)24(38)34-17-11-27(31,32)12-17/h2-5,8-10,13,17,21,23H,6-7,11-12H2,1H3,(H,34,38)/t21-,23-/m0/s1. The van der Waals surface area contributed by atoms with Crippen LogP contribution in [0.25, 0.3) is 0 Å². The molecule has 3 aromatic rings. The van der Waals surface area contributed by atoms with Gasteiger partial charge in [0.2, 0.25) is 11.8 Å². The van der Waals surface area contributed by atoms with Crippen molar-refractivity contribution in [1.29, 1.82) is 0 Å². The summed E-state index contributed by atoms with van der Waals surface area (Å²) in [5.41, 5.74) is -0.266. The summed E-state index contributed by atoms with van der Waals surface area (Å²) < 4.78 is 61.5.